The Bertz CT molecular complexity index is 730. The second kappa shape index (κ2) is 7.40. The number of ether oxygens (including phenoxy) is 1. The normalized spacial score (nSPS) is 16.2. The van der Waals surface area contributed by atoms with Crippen LogP contribution in [0.3, 0.4) is 0 Å². The number of aryl methyl sites for hydroxylation is 1. The van der Waals surface area contributed by atoms with Crippen LogP contribution in [0.2, 0.25) is 0 Å². The monoisotopic (exact) mass is 314 g/mol. The van der Waals surface area contributed by atoms with E-state index < -0.39 is 0 Å². The van der Waals surface area contributed by atoms with E-state index in [1.807, 2.05) is 18.2 Å². The first kappa shape index (κ1) is 15.7. The van der Waals surface area contributed by atoms with Crippen LogP contribution in [-0.4, -0.2) is 21.9 Å². The van der Waals surface area contributed by atoms with Crippen LogP contribution in [0.4, 0.5) is 0 Å². The second-order valence-electron chi connectivity index (χ2n) is 6.10. The van der Waals surface area contributed by atoms with Gasteiger partial charge in [0.15, 0.2) is 0 Å². The first-order valence-electron chi connectivity index (χ1n) is 8.38. The van der Waals surface area contributed by atoms with E-state index in [1.54, 1.807) is 10.7 Å². The Morgan fingerprint density at radius 3 is 2.70 bits per heavy atom. The van der Waals surface area contributed by atoms with Crippen LogP contribution >= 0.6 is 0 Å². The van der Waals surface area contributed by atoms with Crippen molar-refractivity contribution in [1.82, 2.24) is 9.78 Å². The van der Waals surface area contributed by atoms with Crippen LogP contribution in [0.15, 0.2) is 35.3 Å². The molecule has 0 aliphatic heterocycles. The maximum atomic E-state index is 12.1. The van der Waals surface area contributed by atoms with Gasteiger partial charge in [0.25, 0.3) is 0 Å². The molecule has 0 spiro atoms. The van der Waals surface area contributed by atoms with Gasteiger partial charge in [-0.15, -0.1) is 0 Å². The van der Waals surface area contributed by atoms with Crippen molar-refractivity contribution < 1.29 is 9.53 Å². The molecule has 1 aliphatic carbocycles. The van der Waals surface area contributed by atoms with Crippen LogP contribution in [0, 0.1) is 0 Å². The van der Waals surface area contributed by atoms with Gasteiger partial charge in [0.2, 0.25) is 5.43 Å². The largest absolute Gasteiger partial charge is 0.462 e. The van der Waals surface area contributed by atoms with Gasteiger partial charge in [-0.05, 0) is 37.8 Å². The van der Waals surface area contributed by atoms with E-state index in [4.69, 9.17) is 4.74 Å². The van der Waals surface area contributed by atoms with Crippen LogP contribution in [0.5, 0.6) is 0 Å². The highest BCUT2D eigenvalue weighted by atomic mass is 16.5. The number of rotatable bonds is 4. The predicted octanol–water partition coefficient (Wildman–Crippen LogP) is 3.05. The number of benzene rings is 1. The minimum absolute atomic E-state index is 0.0729. The lowest BCUT2D eigenvalue weighted by molar-refractivity contribution is -0.149. The van der Waals surface area contributed by atoms with Crippen LogP contribution in [-0.2, 0) is 16.1 Å². The van der Waals surface area contributed by atoms with Gasteiger partial charge in [0.05, 0.1) is 24.7 Å². The molecule has 1 fully saturated rings. The highest BCUT2D eigenvalue weighted by Gasteiger charge is 2.16. The van der Waals surface area contributed by atoms with E-state index in [-0.39, 0.29) is 23.9 Å². The fourth-order valence-corrected chi connectivity index (χ4v) is 3.14. The fraction of sp³-hybridized carbons (Fsp3) is 0.500. The van der Waals surface area contributed by atoms with Crippen LogP contribution in [0.25, 0.3) is 10.9 Å². The minimum Gasteiger partial charge on any atom is -0.462 e. The molecule has 2 aromatic rings. The average Bonchev–Trinajstić information content (AvgIpc) is 2.83. The molecule has 1 heterocycles. The Hall–Kier alpha value is -2.17. The van der Waals surface area contributed by atoms with E-state index in [9.17, 15) is 9.59 Å². The standard InChI is InChI=1S/C18H22N2O3/c21-17-13-19-20(16-10-6-5-9-15(16)17)12-11-18(22)23-14-7-3-1-2-4-8-14/h5-6,9-10,13-14H,1-4,7-8,11-12H2. The van der Waals surface area contributed by atoms with Crippen molar-refractivity contribution in [1.29, 1.82) is 0 Å². The van der Waals surface area contributed by atoms with E-state index in [1.165, 1.54) is 19.0 Å². The molecule has 0 amide bonds. The summed E-state index contributed by atoms with van der Waals surface area (Å²) in [5, 5.41) is 4.76. The Kier molecular flexibility index (Phi) is 5.05. The molecule has 1 aromatic carbocycles. The van der Waals surface area contributed by atoms with Gasteiger partial charge in [-0.2, -0.15) is 5.10 Å². The molecule has 1 aromatic heterocycles. The number of carbonyl (C=O) groups excluding carboxylic acids is 1. The maximum absolute atomic E-state index is 12.1. The fourth-order valence-electron chi connectivity index (χ4n) is 3.14. The first-order valence-corrected chi connectivity index (χ1v) is 8.38. The summed E-state index contributed by atoms with van der Waals surface area (Å²) < 4.78 is 7.29. The molecular formula is C18H22N2O3. The number of para-hydroxylation sites is 1. The Balaban J connectivity index is 1.63. The SMILES string of the molecule is O=C(CCn1ncc(=O)c2ccccc21)OC1CCCCCC1. The van der Waals surface area contributed by atoms with Crippen molar-refractivity contribution in [3.05, 3.63) is 40.7 Å². The van der Waals surface area contributed by atoms with Crippen molar-refractivity contribution >= 4 is 16.9 Å². The summed E-state index contributed by atoms with van der Waals surface area (Å²) in [4.78, 5) is 23.9. The Morgan fingerprint density at radius 1 is 1.17 bits per heavy atom. The molecule has 122 valence electrons. The van der Waals surface area contributed by atoms with E-state index >= 15 is 0 Å². The lowest BCUT2D eigenvalue weighted by Crippen LogP contribution is -2.20. The second-order valence-corrected chi connectivity index (χ2v) is 6.10. The van der Waals surface area contributed by atoms with Crippen molar-refractivity contribution in [2.45, 2.75) is 57.6 Å². The van der Waals surface area contributed by atoms with Crippen molar-refractivity contribution in [3.63, 3.8) is 0 Å². The molecule has 0 atom stereocenters. The Labute approximate surface area is 135 Å². The molecule has 0 bridgehead atoms. The molecule has 0 saturated heterocycles. The molecule has 0 radical (unpaired) electrons. The minimum atomic E-state index is -0.179. The third-order valence-corrected chi connectivity index (χ3v) is 4.39. The van der Waals surface area contributed by atoms with Crippen molar-refractivity contribution in [2.24, 2.45) is 0 Å². The number of nitrogens with zero attached hydrogens (tertiary/aromatic N) is 2. The molecule has 3 rings (SSSR count). The quantitative estimate of drug-likeness (QED) is 0.643. The summed E-state index contributed by atoms with van der Waals surface area (Å²) in [6.07, 6.45) is 8.37. The molecular weight excluding hydrogens is 292 g/mol. The third-order valence-electron chi connectivity index (χ3n) is 4.39. The number of hydrogen-bond donors (Lipinski definition) is 0. The third kappa shape index (κ3) is 3.97. The first-order chi connectivity index (χ1) is 11.2. The van der Waals surface area contributed by atoms with Gasteiger partial charge >= 0.3 is 5.97 Å². The summed E-state index contributed by atoms with van der Waals surface area (Å²) in [6, 6.07) is 7.32. The highest BCUT2D eigenvalue weighted by molar-refractivity contribution is 5.78. The predicted molar refractivity (Wildman–Crippen MR) is 88.2 cm³/mol. The molecule has 23 heavy (non-hydrogen) atoms. The lowest BCUT2D eigenvalue weighted by atomic mass is 10.1. The van der Waals surface area contributed by atoms with Crippen LogP contribution < -0.4 is 5.43 Å². The highest BCUT2D eigenvalue weighted by Crippen LogP contribution is 2.20. The average molecular weight is 314 g/mol. The Morgan fingerprint density at radius 2 is 1.91 bits per heavy atom. The molecule has 1 saturated carbocycles. The number of esters is 1. The number of aromatic nitrogens is 2. The lowest BCUT2D eigenvalue weighted by Gasteiger charge is -2.16. The number of hydrogen-bond acceptors (Lipinski definition) is 4. The molecule has 5 nitrogen and oxygen atoms in total. The van der Waals surface area contributed by atoms with Gasteiger partial charge in [-0.1, -0.05) is 25.0 Å². The van der Waals surface area contributed by atoms with Gasteiger partial charge < -0.3 is 4.74 Å². The summed E-state index contributed by atoms with van der Waals surface area (Å²) in [6.45, 7) is 0.423. The summed E-state index contributed by atoms with van der Waals surface area (Å²) in [5.41, 5.74) is 0.653. The van der Waals surface area contributed by atoms with E-state index in [0.29, 0.717) is 11.9 Å². The molecule has 0 unspecified atom stereocenters. The summed E-state index contributed by atoms with van der Waals surface area (Å²) in [5.74, 6) is -0.179. The zero-order valence-corrected chi connectivity index (χ0v) is 13.2. The molecule has 1 aliphatic rings. The van der Waals surface area contributed by atoms with Gasteiger partial charge in [-0.3, -0.25) is 14.3 Å². The zero-order valence-electron chi connectivity index (χ0n) is 13.2. The number of fused-ring (bicyclic) bond motifs is 1. The number of carbonyl (C=O) groups is 1. The molecule has 5 heteroatoms. The van der Waals surface area contributed by atoms with Crippen molar-refractivity contribution in [2.75, 3.05) is 0 Å². The van der Waals surface area contributed by atoms with E-state index in [0.717, 1.165) is 31.2 Å². The zero-order chi connectivity index (χ0) is 16.1. The van der Waals surface area contributed by atoms with E-state index in [2.05, 4.69) is 5.10 Å². The molecule has 0 N–H and O–H groups in total. The van der Waals surface area contributed by atoms with Crippen molar-refractivity contribution in [3.8, 4) is 0 Å². The summed E-state index contributed by atoms with van der Waals surface area (Å²) in [7, 11) is 0. The van der Waals surface area contributed by atoms with Crippen LogP contribution in [0.1, 0.15) is 44.9 Å². The maximum Gasteiger partial charge on any atom is 0.307 e. The topological polar surface area (TPSA) is 61.2 Å². The van der Waals surface area contributed by atoms with Gasteiger partial charge in [0.1, 0.15) is 6.10 Å². The summed E-state index contributed by atoms with van der Waals surface area (Å²) >= 11 is 0. The van der Waals surface area contributed by atoms with Gasteiger partial charge in [0, 0.05) is 5.39 Å². The smallest absolute Gasteiger partial charge is 0.307 e. The van der Waals surface area contributed by atoms with Gasteiger partial charge in [-0.25, -0.2) is 0 Å².